The van der Waals surface area contributed by atoms with Crippen LogP contribution >= 0.6 is 11.3 Å². The second-order valence-electron chi connectivity index (χ2n) is 5.38. The van der Waals surface area contributed by atoms with E-state index in [0.29, 0.717) is 5.56 Å². The van der Waals surface area contributed by atoms with Crippen LogP contribution in [0.5, 0.6) is 0 Å². The summed E-state index contributed by atoms with van der Waals surface area (Å²) in [6.45, 7) is 5.98. The van der Waals surface area contributed by atoms with Crippen LogP contribution in [0.2, 0.25) is 0 Å². The average molecular weight is 368 g/mol. The first-order valence-corrected chi connectivity index (χ1v) is 9.57. The van der Waals surface area contributed by atoms with E-state index in [1.54, 1.807) is 11.3 Å². The molecule has 0 aliphatic rings. The normalized spacial score (nSPS) is 12.8. The van der Waals surface area contributed by atoms with Gasteiger partial charge < -0.3 is 5.32 Å². The fourth-order valence-electron chi connectivity index (χ4n) is 2.38. The number of hydrogen-bond donors (Lipinski definition) is 2. The Morgan fingerprint density at radius 2 is 1.83 bits per heavy atom. The quantitative estimate of drug-likeness (QED) is 0.768. The number of carbonyl (C=O) groups excluding carboxylic acids is 1. The molecule has 130 valence electrons. The molecule has 0 aliphatic carbocycles. The Morgan fingerprint density at radius 3 is 2.33 bits per heavy atom. The Hall–Kier alpha value is -1.74. The van der Waals surface area contributed by atoms with Crippen LogP contribution in [-0.4, -0.2) is 21.4 Å². The van der Waals surface area contributed by atoms with E-state index in [1.165, 1.54) is 41.1 Å². The Morgan fingerprint density at radius 1 is 1.21 bits per heavy atom. The molecule has 1 unspecified atom stereocenters. The van der Waals surface area contributed by atoms with Gasteiger partial charge >= 0.3 is 0 Å². The number of carbonyl (C=O) groups is 1. The van der Waals surface area contributed by atoms with Gasteiger partial charge in [0.15, 0.2) is 0 Å². The number of hydrogen-bond acceptors (Lipinski definition) is 5. The summed E-state index contributed by atoms with van der Waals surface area (Å²) in [4.78, 5) is 21.1. The van der Waals surface area contributed by atoms with Crippen molar-refractivity contribution in [3.05, 3.63) is 51.2 Å². The van der Waals surface area contributed by atoms with Crippen molar-refractivity contribution in [2.45, 2.75) is 31.7 Å². The maximum atomic E-state index is 12.3. The highest BCUT2D eigenvalue weighted by atomic mass is 32.2. The van der Waals surface area contributed by atoms with Crippen molar-refractivity contribution >= 4 is 27.3 Å². The molecule has 0 spiro atoms. The van der Waals surface area contributed by atoms with Gasteiger partial charge in [-0.25, -0.2) is 8.42 Å². The lowest BCUT2D eigenvalue weighted by atomic mass is 10.1. The van der Waals surface area contributed by atoms with Crippen LogP contribution in [0.4, 0.5) is 0 Å². The molecule has 1 amide bonds. The van der Waals surface area contributed by atoms with Gasteiger partial charge in [-0.2, -0.15) is 0 Å². The Balaban J connectivity index is 2.12. The summed E-state index contributed by atoms with van der Waals surface area (Å²) in [5, 5.41) is 2.93. The molecule has 0 radical (unpaired) electrons. The molecule has 6 nitrogen and oxygen atoms in total. The predicted octanol–water partition coefficient (Wildman–Crippen LogP) is 2.70. The lowest BCUT2D eigenvalue weighted by Gasteiger charge is -2.14. The van der Waals surface area contributed by atoms with Gasteiger partial charge in [-0.05, 0) is 56.7 Å². The molecular weight excluding hydrogens is 348 g/mol. The van der Waals surface area contributed by atoms with Gasteiger partial charge in [0.05, 0.1) is 18.0 Å². The van der Waals surface area contributed by atoms with E-state index >= 15 is 0 Å². The van der Waals surface area contributed by atoms with Crippen molar-refractivity contribution in [1.82, 2.24) is 10.2 Å². The van der Waals surface area contributed by atoms with Crippen LogP contribution < -0.4 is 10.2 Å². The van der Waals surface area contributed by atoms with Gasteiger partial charge in [0.1, 0.15) is 0 Å². The zero-order valence-electron chi connectivity index (χ0n) is 13.9. The van der Waals surface area contributed by atoms with Crippen molar-refractivity contribution in [2.24, 2.45) is 0 Å². The maximum Gasteiger partial charge on any atom is 0.262 e. The second kappa shape index (κ2) is 7.43. The minimum atomic E-state index is -3.72. The van der Waals surface area contributed by atoms with Crippen LogP contribution in [0.25, 0.3) is 0 Å². The molecule has 2 aromatic rings. The molecule has 0 bridgehead atoms. The minimum absolute atomic E-state index is 0.0262. The van der Waals surface area contributed by atoms with Crippen LogP contribution in [0.1, 0.15) is 38.6 Å². The highest BCUT2D eigenvalue weighted by molar-refractivity contribution is 7.89. The smallest absolute Gasteiger partial charge is 0.262 e. The Labute approximate surface area is 145 Å². The molecule has 24 heavy (non-hydrogen) atoms. The van der Waals surface area contributed by atoms with Crippen LogP contribution in [0.15, 0.2) is 35.2 Å². The minimum Gasteiger partial charge on any atom is -0.345 e. The molecule has 0 fully saturated rings. The topological polar surface area (TPSA) is 84.5 Å². The number of nitrogens with one attached hydrogen (secondary N) is 2. The second-order valence-corrected chi connectivity index (χ2v) is 8.48. The van der Waals surface area contributed by atoms with Gasteiger partial charge in [0.25, 0.3) is 15.9 Å². The molecule has 1 heterocycles. The molecule has 0 saturated heterocycles. The van der Waals surface area contributed by atoms with E-state index in [2.05, 4.69) is 16.2 Å². The molecule has 0 aliphatic heterocycles. The van der Waals surface area contributed by atoms with Gasteiger partial charge in [0.2, 0.25) is 0 Å². The summed E-state index contributed by atoms with van der Waals surface area (Å²) in [5.74, 6) is -0.255. The van der Waals surface area contributed by atoms with Crippen LogP contribution in [0, 0.1) is 13.8 Å². The number of benzene rings is 1. The summed E-state index contributed by atoms with van der Waals surface area (Å²) in [6, 6.07) is 7.61. The molecule has 2 rings (SSSR count). The van der Waals surface area contributed by atoms with Crippen molar-refractivity contribution in [3.8, 4) is 0 Å². The summed E-state index contributed by atoms with van der Waals surface area (Å²) in [5.41, 5.74) is 1.48. The number of sulfonamides is 1. The monoisotopic (exact) mass is 368 g/mol. The van der Waals surface area contributed by atoms with Gasteiger partial charge in [-0.15, -0.1) is 11.3 Å². The fourth-order valence-corrected chi connectivity index (χ4v) is 4.21. The molecule has 8 heteroatoms. The number of rotatable bonds is 6. The lowest BCUT2D eigenvalue weighted by Crippen LogP contribution is -2.27. The lowest BCUT2D eigenvalue weighted by molar-refractivity contribution is 0.0939. The zero-order chi connectivity index (χ0) is 17.9. The summed E-state index contributed by atoms with van der Waals surface area (Å²) < 4.78 is 23.6. The number of aryl methyl sites for hydroxylation is 2. The first-order valence-electron chi connectivity index (χ1n) is 7.27. The molecule has 0 saturated carbocycles. The van der Waals surface area contributed by atoms with Gasteiger partial charge in [-0.3, -0.25) is 9.63 Å². The first-order chi connectivity index (χ1) is 11.2. The largest absolute Gasteiger partial charge is 0.345 e. The van der Waals surface area contributed by atoms with Crippen molar-refractivity contribution in [3.63, 3.8) is 0 Å². The Kier molecular flexibility index (Phi) is 5.76. The Bertz CT molecular complexity index is 826. The van der Waals surface area contributed by atoms with Gasteiger partial charge in [-0.1, -0.05) is 4.89 Å². The number of amides is 1. The standard InChI is InChI=1S/C16H20N2O4S2/c1-10-9-15(12(3)23-10)11(2)17-16(19)13-5-7-14(8-6-13)24(20,21)18-22-4/h5-9,11,18H,1-4H3,(H,17,19). The van der Waals surface area contributed by atoms with E-state index in [9.17, 15) is 13.2 Å². The number of thiophene rings is 1. The van der Waals surface area contributed by atoms with Crippen LogP contribution in [-0.2, 0) is 14.9 Å². The fraction of sp³-hybridized carbons (Fsp3) is 0.312. The predicted molar refractivity (Wildman–Crippen MR) is 93.4 cm³/mol. The van der Waals surface area contributed by atoms with E-state index in [4.69, 9.17) is 0 Å². The van der Waals surface area contributed by atoms with Gasteiger partial charge in [0, 0.05) is 15.3 Å². The SMILES string of the molecule is CONS(=O)(=O)c1ccc(C(=O)NC(C)c2cc(C)sc2C)cc1. The van der Waals surface area contributed by atoms with Crippen molar-refractivity contribution < 1.29 is 18.0 Å². The molecule has 1 atom stereocenters. The summed E-state index contributed by atoms with van der Waals surface area (Å²) in [7, 11) is -2.51. The summed E-state index contributed by atoms with van der Waals surface area (Å²) in [6.07, 6.45) is 0. The van der Waals surface area contributed by atoms with E-state index < -0.39 is 10.0 Å². The van der Waals surface area contributed by atoms with E-state index in [0.717, 1.165) is 5.56 Å². The highest BCUT2D eigenvalue weighted by Crippen LogP contribution is 2.26. The molecule has 2 N–H and O–H groups in total. The van der Waals surface area contributed by atoms with E-state index in [1.807, 2.05) is 25.7 Å². The molecule has 1 aromatic carbocycles. The van der Waals surface area contributed by atoms with E-state index in [-0.39, 0.29) is 16.8 Å². The molecular formula is C16H20N2O4S2. The average Bonchev–Trinajstić information content (AvgIpc) is 2.86. The third-order valence-corrected chi connectivity index (χ3v) is 5.77. The summed E-state index contributed by atoms with van der Waals surface area (Å²) >= 11 is 1.69. The highest BCUT2D eigenvalue weighted by Gasteiger charge is 2.17. The first kappa shape index (κ1) is 18.6. The van der Waals surface area contributed by atoms with Crippen molar-refractivity contribution in [2.75, 3.05) is 7.11 Å². The van der Waals surface area contributed by atoms with Crippen LogP contribution in [0.3, 0.4) is 0 Å². The maximum absolute atomic E-state index is 12.3. The third-order valence-electron chi connectivity index (χ3n) is 3.51. The molecule has 1 aromatic heterocycles. The van der Waals surface area contributed by atoms with Crippen molar-refractivity contribution in [1.29, 1.82) is 0 Å². The zero-order valence-corrected chi connectivity index (χ0v) is 15.5. The third kappa shape index (κ3) is 4.21.